The SMILES string of the molecule is Cc1cc(N2C3CCC2CC(OCc2c(-c4c(F)cccc4F)noc2C2CC2)C3)ncc1C(=O)O. The lowest BCUT2D eigenvalue weighted by atomic mass is 9.98. The summed E-state index contributed by atoms with van der Waals surface area (Å²) in [5.74, 6) is -0.622. The third-order valence-corrected chi connectivity index (χ3v) is 7.71. The third kappa shape index (κ3) is 4.05. The topological polar surface area (TPSA) is 88.7 Å². The Hall–Kier alpha value is -3.33. The van der Waals surface area contributed by atoms with Crippen molar-refractivity contribution in [1.82, 2.24) is 10.1 Å². The normalized spacial score (nSPS) is 23.3. The molecule has 4 heterocycles. The van der Waals surface area contributed by atoms with Crippen LogP contribution < -0.4 is 4.90 Å². The second kappa shape index (κ2) is 8.96. The van der Waals surface area contributed by atoms with Gasteiger partial charge in [-0.3, -0.25) is 0 Å². The molecule has 0 amide bonds. The molecule has 9 heteroatoms. The minimum absolute atomic E-state index is 0.0154. The number of carbonyl (C=O) groups is 1. The average molecular weight is 496 g/mol. The Bertz CT molecular complexity index is 1290. The highest BCUT2D eigenvalue weighted by Crippen LogP contribution is 2.45. The van der Waals surface area contributed by atoms with E-state index in [1.807, 2.05) is 6.07 Å². The number of carboxylic acid groups (broad SMARTS) is 1. The molecule has 0 radical (unpaired) electrons. The van der Waals surface area contributed by atoms with Crippen LogP contribution in [0.3, 0.4) is 0 Å². The molecule has 3 fully saturated rings. The molecule has 2 saturated heterocycles. The summed E-state index contributed by atoms with van der Waals surface area (Å²) in [4.78, 5) is 18.1. The second-order valence-electron chi connectivity index (χ2n) is 10.1. The highest BCUT2D eigenvalue weighted by molar-refractivity contribution is 5.89. The van der Waals surface area contributed by atoms with Crippen molar-refractivity contribution in [2.45, 2.75) is 76.2 Å². The number of benzene rings is 1. The Balaban J connectivity index is 1.20. The number of halogens is 2. The summed E-state index contributed by atoms with van der Waals surface area (Å²) in [5, 5.41) is 13.4. The molecule has 2 bridgehead atoms. The summed E-state index contributed by atoms with van der Waals surface area (Å²) >= 11 is 0. The Labute approximate surface area is 207 Å². The van der Waals surface area contributed by atoms with Gasteiger partial charge in [-0.05, 0) is 69.2 Å². The standard InChI is InChI=1S/C27H27F2N3O4/c1-14-9-23(30-12-19(14)27(33)34)32-16-7-8-17(32)11-18(10-16)35-13-20-25(31-36-26(20)15-5-6-15)24-21(28)3-2-4-22(24)29/h2-4,9,12,15-18H,5-8,10-11,13H2,1H3,(H,33,34). The number of aromatic carboxylic acids is 1. The molecule has 2 atom stereocenters. The molecule has 2 aromatic heterocycles. The van der Waals surface area contributed by atoms with E-state index >= 15 is 0 Å². The van der Waals surface area contributed by atoms with E-state index in [4.69, 9.17) is 9.26 Å². The lowest BCUT2D eigenvalue weighted by Crippen LogP contribution is -2.46. The Morgan fingerprint density at radius 2 is 1.86 bits per heavy atom. The Morgan fingerprint density at radius 1 is 1.17 bits per heavy atom. The van der Waals surface area contributed by atoms with E-state index in [0.717, 1.165) is 44.3 Å². The molecule has 3 aromatic rings. The van der Waals surface area contributed by atoms with Gasteiger partial charge in [-0.2, -0.15) is 0 Å². The summed E-state index contributed by atoms with van der Waals surface area (Å²) in [5.41, 5.74) is 1.56. The summed E-state index contributed by atoms with van der Waals surface area (Å²) < 4.78 is 41.0. The van der Waals surface area contributed by atoms with Crippen molar-refractivity contribution in [3.05, 3.63) is 64.5 Å². The monoisotopic (exact) mass is 495 g/mol. The smallest absolute Gasteiger partial charge is 0.337 e. The summed E-state index contributed by atoms with van der Waals surface area (Å²) in [6.07, 6.45) is 6.98. The first-order chi connectivity index (χ1) is 17.4. The largest absolute Gasteiger partial charge is 0.478 e. The van der Waals surface area contributed by atoms with E-state index < -0.39 is 17.6 Å². The molecule has 1 saturated carbocycles. The number of pyridine rings is 1. The molecule has 2 unspecified atom stereocenters. The average Bonchev–Trinajstić information content (AvgIpc) is 3.55. The zero-order valence-electron chi connectivity index (χ0n) is 19.9. The number of carboxylic acids is 1. The number of ether oxygens (including phenoxy) is 1. The van der Waals surface area contributed by atoms with Gasteiger partial charge < -0.3 is 19.3 Å². The van der Waals surface area contributed by atoms with Crippen LogP contribution >= 0.6 is 0 Å². The van der Waals surface area contributed by atoms with Gasteiger partial charge in [-0.25, -0.2) is 18.6 Å². The quantitative estimate of drug-likeness (QED) is 0.455. The summed E-state index contributed by atoms with van der Waals surface area (Å²) in [7, 11) is 0. The number of anilines is 1. The number of fused-ring (bicyclic) bond motifs is 2. The van der Waals surface area contributed by atoms with Crippen molar-refractivity contribution in [3.8, 4) is 11.3 Å². The van der Waals surface area contributed by atoms with Crippen molar-refractivity contribution in [3.63, 3.8) is 0 Å². The van der Waals surface area contributed by atoms with Crippen molar-refractivity contribution in [1.29, 1.82) is 0 Å². The first kappa shape index (κ1) is 23.1. The van der Waals surface area contributed by atoms with E-state index in [1.54, 1.807) is 6.92 Å². The zero-order chi connectivity index (χ0) is 25.0. The van der Waals surface area contributed by atoms with Crippen molar-refractivity contribution < 1.29 is 27.9 Å². The third-order valence-electron chi connectivity index (χ3n) is 7.71. The van der Waals surface area contributed by atoms with Gasteiger partial charge in [0, 0.05) is 29.8 Å². The second-order valence-corrected chi connectivity index (χ2v) is 10.1. The van der Waals surface area contributed by atoms with Gasteiger partial charge in [-0.15, -0.1) is 0 Å². The van der Waals surface area contributed by atoms with Gasteiger partial charge in [-0.1, -0.05) is 11.2 Å². The predicted molar refractivity (Wildman–Crippen MR) is 127 cm³/mol. The fourth-order valence-electron chi connectivity index (χ4n) is 5.79. The number of rotatable bonds is 7. The highest BCUT2D eigenvalue weighted by Gasteiger charge is 2.42. The number of nitrogens with zero attached hydrogens (tertiary/aromatic N) is 3. The van der Waals surface area contributed by atoms with Gasteiger partial charge in [0.05, 0.1) is 23.8 Å². The maximum absolute atomic E-state index is 14.5. The van der Waals surface area contributed by atoms with Crippen LogP contribution in [0.1, 0.15) is 71.7 Å². The molecule has 188 valence electrons. The molecule has 0 spiro atoms. The maximum atomic E-state index is 14.5. The van der Waals surface area contributed by atoms with E-state index in [1.165, 1.54) is 24.4 Å². The van der Waals surface area contributed by atoms with Crippen molar-refractivity contribution in [2.24, 2.45) is 0 Å². The zero-order valence-corrected chi connectivity index (χ0v) is 19.9. The van der Waals surface area contributed by atoms with Crippen molar-refractivity contribution >= 4 is 11.8 Å². The fraction of sp³-hybridized carbons (Fsp3) is 0.444. The number of piperidine rings is 1. The molecule has 36 heavy (non-hydrogen) atoms. The molecular weight excluding hydrogens is 468 g/mol. The molecule has 7 nitrogen and oxygen atoms in total. The Morgan fingerprint density at radius 3 is 2.47 bits per heavy atom. The molecule has 1 N–H and O–H groups in total. The first-order valence-corrected chi connectivity index (χ1v) is 12.4. The molecule has 1 aromatic carbocycles. The molecular formula is C27H27F2N3O4. The number of aryl methyl sites for hydroxylation is 1. The van der Waals surface area contributed by atoms with E-state index in [9.17, 15) is 18.7 Å². The highest BCUT2D eigenvalue weighted by atomic mass is 19.1. The lowest BCUT2D eigenvalue weighted by Gasteiger charge is -2.39. The Kier molecular flexibility index (Phi) is 5.75. The maximum Gasteiger partial charge on any atom is 0.337 e. The summed E-state index contributed by atoms with van der Waals surface area (Å²) in [6.45, 7) is 1.98. The van der Waals surface area contributed by atoms with E-state index in [2.05, 4.69) is 15.0 Å². The van der Waals surface area contributed by atoms with Crippen LogP contribution in [-0.4, -0.2) is 39.4 Å². The predicted octanol–water partition coefficient (Wildman–Crippen LogP) is 5.62. The number of hydrogen-bond acceptors (Lipinski definition) is 6. The van der Waals surface area contributed by atoms with Crippen LogP contribution in [0.25, 0.3) is 11.3 Å². The molecule has 1 aliphatic carbocycles. The van der Waals surface area contributed by atoms with Gasteiger partial charge in [0.2, 0.25) is 0 Å². The number of aromatic nitrogens is 2. The minimum atomic E-state index is -0.976. The van der Waals surface area contributed by atoms with Gasteiger partial charge >= 0.3 is 5.97 Å². The fourth-order valence-corrected chi connectivity index (χ4v) is 5.79. The van der Waals surface area contributed by atoms with E-state index in [-0.39, 0.29) is 47.5 Å². The lowest BCUT2D eigenvalue weighted by molar-refractivity contribution is 0.0146. The van der Waals surface area contributed by atoms with Crippen LogP contribution in [0, 0.1) is 18.6 Å². The molecule has 6 rings (SSSR count). The molecule has 3 aliphatic rings. The summed E-state index contributed by atoms with van der Waals surface area (Å²) in [6, 6.07) is 6.11. The number of hydrogen-bond donors (Lipinski definition) is 1. The van der Waals surface area contributed by atoms with Gasteiger partial charge in [0.25, 0.3) is 0 Å². The molecule has 2 aliphatic heterocycles. The minimum Gasteiger partial charge on any atom is -0.478 e. The van der Waals surface area contributed by atoms with Crippen LogP contribution in [0.15, 0.2) is 35.0 Å². The van der Waals surface area contributed by atoms with Crippen LogP contribution in [0.2, 0.25) is 0 Å². The van der Waals surface area contributed by atoms with Crippen LogP contribution in [-0.2, 0) is 11.3 Å². The van der Waals surface area contributed by atoms with Gasteiger partial charge in [0.15, 0.2) is 0 Å². The first-order valence-electron chi connectivity index (χ1n) is 12.4. The van der Waals surface area contributed by atoms with Crippen molar-refractivity contribution in [2.75, 3.05) is 4.90 Å². The van der Waals surface area contributed by atoms with Gasteiger partial charge in [0.1, 0.15) is 28.9 Å². The van der Waals surface area contributed by atoms with Crippen LogP contribution in [0.5, 0.6) is 0 Å². The van der Waals surface area contributed by atoms with Crippen LogP contribution in [0.4, 0.5) is 14.6 Å². The van der Waals surface area contributed by atoms with E-state index in [0.29, 0.717) is 16.9 Å².